The number of carbonyl (C=O) groups excluding carboxylic acids is 1. The molecule has 2 saturated heterocycles. The summed E-state index contributed by atoms with van der Waals surface area (Å²) in [6, 6.07) is 10.2. The maximum absolute atomic E-state index is 12.0. The first-order valence-electron chi connectivity index (χ1n) is 7.82. The summed E-state index contributed by atoms with van der Waals surface area (Å²) in [5.41, 5.74) is 1.02. The van der Waals surface area contributed by atoms with Crippen molar-refractivity contribution in [2.45, 2.75) is 51.0 Å². The minimum atomic E-state index is -0.143. The lowest BCUT2D eigenvalue weighted by Crippen LogP contribution is -2.41. The van der Waals surface area contributed by atoms with Crippen molar-refractivity contribution in [3.05, 3.63) is 35.9 Å². The summed E-state index contributed by atoms with van der Waals surface area (Å²) in [5.74, 6) is -0.275. The zero-order valence-electron chi connectivity index (χ0n) is 12.5. The van der Waals surface area contributed by atoms with E-state index in [0.717, 1.165) is 18.4 Å². The normalized spacial score (nSPS) is 28.5. The van der Waals surface area contributed by atoms with Gasteiger partial charge in [0.15, 0.2) is 0 Å². The molecular weight excluding hydrogens is 266 g/mol. The summed E-state index contributed by atoms with van der Waals surface area (Å²) in [5, 5.41) is 3.47. The number of rotatable bonds is 6. The molecule has 4 atom stereocenters. The second-order valence-electron chi connectivity index (χ2n) is 6.12. The van der Waals surface area contributed by atoms with Gasteiger partial charge in [0, 0.05) is 12.6 Å². The lowest BCUT2D eigenvalue weighted by molar-refractivity contribution is -0.149. The van der Waals surface area contributed by atoms with Gasteiger partial charge in [0.2, 0.25) is 0 Å². The topological polar surface area (TPSA) is 47.6 Å². The molecular formula is C17H23NO3. The minimum absolute atomic E-state index is 0.132. The van der Waals surface area contributed by atoms with Gasteiger partial charge in [0.05, 0.1) is 18.1 Å². The van der Waals surface area contributed by atoms with Crippen LogP contribution in [0, 0.1) is 5.92 Å². The summed E-state index contributed by atoms with van der Waals surface area (Å²) in [7, 11) is 0. The lowest BCUT2D eigenvalue weighted by atomic mass is 9.95. The molecule has 0 amide bonds. The summed E-state index contributed by atoms with van der Waals surface area (Å²) < 4.78 is 11.2. The van der Waals surface area contributed by atoms with Crippen LogP contribution < -0.4 is 5.32 Å². The quantitative estimate of drug-likeness (QED) is 0.816. The summed E-state index contributed by atoms with van der Waals surface area (Å²) in [6.45, 7) is 2.92. The predicted octanol–water partition coefficient (Wildman–Crippen LogP) is 2.28. The van der Waals surface area contributed by atoms with E-state index in [2.05, 4.69) is 5.32 Å². The maximum Gasteiger partial charge on any atom is 0.310 e. The minimum Gasteiger partial charge on any atom is -0.461 e. The molecule has 4 heteroatoms. The Kier molecular flexibility index (Phi) is 4.56. The van der Waals surface area contributed by atoms with Crippen LogP contribution in [0.3, 0.4) is 0 Å². The van der Waals surface area contributed by atoms with E-state index < -0.39 is 0 Å². The Bertz CT molecular complexity index is 476. The lowest BCUT2D eigenvalue weighted by Gasteiger charge is -2.21. The second-order valence-corrected chi connectivity index (χ2v) is 6.12. The fourth-order valence-corrected chi connectivity index (χ4v) is 3.14. The predicted molar refractivity (Wildman–Crippen MR) is 79.7 cm³/mol. The van der Waals surface area contributed by atoms with Crippen LogP contribution in [-0.2, 0) is 20.9 Å². The molecule has 21 heavy (non-hydrogen) atoms. The summed E-state index contributed by atoms with van der Waals surface area (Å²) in [4.78, 5) is 12.0. The van der Waals surface area contributed by atoms with Crippen LogP contribution in [0.4, 0.5) is 0 Å². The zero-order chi connectivity index (χ0) is 14.7. The molecule has 114 valence electrons. The molecule has 3 rings (SSSR count). The van der Waals surface area contributed by atoms with Crippen molar-refractivity contribution in [1.29, 1.82) is 0 Å². The fourth-order valence-electron chi connectivity index (χ4n) is 3.14. The van der Waals surface area contributed by atoms with Gasteiger partial charge in [-0.05, 0) is 24.8 Å². The molecule has 4 unspecified atom stereocenters. The molecule has 0 aliphatic carbocycles. The number of hydrogen-bond donors (Lipinski definition) is 1. The number of hydrogen-bond acceptors (Lipinski definition) is 4. The number of ether oxygens (including phenoxy) is 2. The van der Waals surface area contributed by atoms with Crippen molar-refractivity contribution in [1.82, 2.24) is 5.32 Å². The van der Waals surface area contributed by atoms with Crippen molar-refractivity contribution < 1.29 is 14.3 Å². The van der Waals surface area contributed by atoms with Gasteiger partial charge in [-0.15, -0.1) is 0 Å². The third-order valence-electron chi connectivity index (χ3n) is 4.42. The smallest absolute Gasteiger partial charge is 0.310 e. The van der Waals surface area contributed by atoms with Gasteiger partial charge in [-0.25, -0.2) is 0 Å². The van der Waals surface area contributed by atoms with Crippen molar-refractivity contribution in [2.75, 3.05) is 6.54 Å². The van der Waals surface area contributed by atoms with Gasteiger partial charge in [-0.2, -0.15) is 0 Å². The van der Waals surface area contributed by atoms with E-state index in [1.54, 1.807) is 0 Å². The SMILES string of the molecule is CC(CNC1CC2CCC1O2)C(=O)OCc1ccccc1. The molecule has 2 aliphatic heterocycles. The number of fused-ring (bicyclic) bond motifs is 2. The third kappa shape index (κ3) is 3.63. The van der Waals surface area contributed by atoms with Crippen LogP contribution in [0.5, 0.6) is 0 Å². The maximum atomic E-state index is 12.0. The first kappa shape index (κ1) is 14.5. The molecule has 0 aromatic heterocycles. The first-order chi connectivity index (χ1) is 10.2. The van der Waals surface area contributed by atoms with Crippen LogP contribution in [0.1, 0.15) is 31.7 Å². The average molecular weight is 289 g/mol. The molecule has 0 radical (unpaired) electrons. The molecule has 1 N–H and O–H groups in total. The molecule has 0 saturated carbocycles. The number of esters is 1. The molecule has 2 heterocycles. The highest BCUT2D eigenvalue weighted by molar-refractivity contribution is 5.72. The molecule has 0 spiro atoms. The van der Waals surface area contributed by atoms with E-state index in [9.17, 15) is 4.79 Å². The Morgan fingerprint density at radius 2 is 2.19 bits per heavy atom. The van der Waals surface area contributed by atoms with Crippen molar-refractivity contribution in [2.24, 2.45) is 5.92 Å². The van der Waals surface area contributed by atoms with Gasteiger partial charge in [0.1, 0.15) is 6.61 Å². The molecule has 4 nitrogen and oxygen atoms in total. The van der Waals surface area contributed by atoms with Gasteiger partial charge in [-0.3, -0.25) is 4.79 Å². The Morgan fingerprint density at radius 3 is 2.86 bits per heavy atom. The van der Waals surface area contributed by atoms with Gasteiger partial charge in [-0.1, -0.05) is 37.3 Å². The van der Waals surface area contributed by atoms with Crippen LogP contribution in [-0.4, -0.2) is 30.8 Å². The van der Waals surface area contributed by atoms with Crippen molar-refractivity contribution >= 4 is 5.97 Å². The average Bonchev–Trinajstić information content (AvgIpc) is 3.14. The number of carbonyl (C=O) groups is 1. The molecule has 1 aromatic carbocycles. The van der Waals surface area contributed by atoms with E-state index in [-0.39, 0.29) is 11.9 Å². The largest absolute Gasteiger partial charge is 0.461 e. The van der Waals surface area contributed by atoms with Crippen LogP contribution in [0.15, 0.2) is 30.3 Å². The monoisotopic (exact) mass is 289 g/mol. The Labute approximate surface area is 125 Å². The van der Waals surface area contributed by atoms with Crippen LogP contribution in [0.25, 0.3) is 0 Å². The standard InChI is InChI=1S/C17H23NO3/c1-12(10-18-15-9-14-7-8-16(15)21-14)17(19)20-11-13-5-3-2-4-6-13/h2-6,12,14-16,18H,7-11H2,1H3. The Hall–Kier alpha value is -1.39. The van der Waals surface area contributed by atoms with Crippen LogP contribution in [0.2, 0.25) is 0 Å². The van der Waals surface area contributed by atoms with E-state index in [4.69, 9.17) is 9.47 Å². The second kappa shape index (κ2) is 6.58. The highest BCUT2D eigenvalue weighted by atomic mass is 16.5. The van der Waals surface area contributed by atoms with Crippen molar-refractivity contribution in [3.8, 4) is 0 Å². The number of nitrogens with one attached hydrogen (secondary N) is 1. The van der Waals surface area contributed by atoms with E-state index in [0.29, 0.717) is 31.4 Å². The van der Waals surface area contributed by atoms with E-state index >= 15 is 0 Å². The fraction of sp³-hybridized carbons (Fsp3) is 0.588. The summed E-state index contributed by atoms with van der Waals surface area (Å²) >= 11 is 0. The molecule has 1 aromatic rings. The Morgan fingerprint density at radius 1 is 1.38 bits per heavy atom. The third-order valence-corrected chi connectivity index (χ3v) is 4.42. The molecule has 2 bridgehead atoms. The van der Waals surface area contributed by atoms with Gasteiger partial charge in [0.25, 0.3) is 0 Å². The molecule has 2 aliphatic rings. The summed E-state index contributed by atoms with van der Waals surface area (Å²) in [6.07, 6.45) is 4.21. The first-order valence-corrected chi connectivity index (χ1v) is 7.82. The van der Waals surface area contributed by atoms with Crippen molar-refractivity contribution in [3.63, 3.8) is 0 Å². The van der Waals surface area contributed by atoms with Gasteiger partial charge >= 0.3 is 5.97 Å². The highest BCUT2D eigenvalue weighted by Gasteiger charge is 2.40. The number of benzene rings is 1. The van der Waals surface area contributed by atoms with Gasteiger partial charge < -0.3 is 14.8 Å². The van der Waals surface area contributed by atoms with Crippen LogP contribution >= 0.6 is 0 Å². The highest BCUT2D eigenvalue weighted by Crippen LogP contribution is 2.34. The van der Waals surface area contributed by atoms with E-state index in [1.807, 2.05) is 37.3 Å². The Balaban J connectivity index is 1.38. The molecule has 2 fully saturated rings. The van der Waals surface area contributed by atoms with E-state index in [1.165, 1.54) is 6.42 Å². The zero-order valence-corrected chi connectivity index (χ0v) is 12.5.